The molecule has 3 aromatic carbocycles. The minimum absolute atomic E-state index is 0.802. The summed E-state index contributed by atoms with van der Waals surface area (Å²) in [6.45, 7) is 4.36. The third kappa shape index (κ3) is 3.74. The van der Waals surface area contributed by atoms with E-state index in [4.69, 9.17) is 58.8 Å². The maximum atomic E-state index is 5.80. The first-order chi connectivity index (χ1) is 19.8. The Morgan fingerprint density at radius 1 is 0.561 bits per heavy atom. The zero-order valence-corrected chi connectivity index (χ0v) is 27.2. The zero-order chi connectivity index (χ0) is 28.2. The smallest absolute Gasteiger partial charge is 0.136 e. The van der Waals surface area contributed by atoms with Crippen molar-refractivity contribution in [3.8, 4) is 0 Å². The predicted octanol–water partition coefficient (Wildman–Crippen LogP) is 9.80. The largest absolute Gasteiger partial charge is 0.236 e. The molecule has 41 heavy (non-hydrogen) atoms. The van der Waals surface area contributed by atoms with Crippen LogP contribution in [-0.2, 0) is 0 Å². The lowest BCUT2D eigenvalue weighted by Crippen LogP contribution is -1.97. The maximum Gasteiger partial charge on any atom is 0.136 e. The van der Waals surface area contributed by atoms with Gasteiger partial charge in [0.05, 0.1) is 34.4 Å². The molecule has 6 aromatic rings. The van der Waals surface area contributed by atoms with Gasteiger partial charge < -0.3 is 0 Å². The van der Waals surface area contributed by atoms with Crippen LogP contribution in [0.1, 0.15) is 43.4 Å². The molecule has 0 amide bonds. The van der Waals surface area contributed by atoms with Crippen LogP contribution in [0.5, 0.6) is 0 Å². The van der Waals surface area contributed by atoms with E-state index in [0.29, 0.717) is 0 Å². The van der Waals surface area contributed by atoms with E-state index in [0.717, 1.165) is 73.2 Å². The van der Waals surface area contributed by atoms with Gasteiger partial charge in [-0.15, -0.1) is 34.0 Å². The molecule has 2 aliphatic rings. The first-order valence-corrected chi connectivity index (χ1v) is 16.8. The molecule has 2 nitrogen and oxygen atoms in total. The second-order valence-electron chi connectivity index (χ2n) is 10.00. The molecule has 196 valence electrons. The van der Waals surface area contributed by atoms with E-state index in [2.05, 4.69) is 26.0 Å². The molecule has 0 bridgehead atoms. The van der Waals surface area contributed by atoms with E-state index in [9.17, 15) is 0 Å². The summed E-state index contributed by atoms with van der Waals surface area (Å²) < 4.78 is 3.63. The van der Waals surface area contributed by atoms with Crippen molar-refractivity contribution in [2.75, 3.05) is 0 Å². The van der Waals surface area contributed by atoms with Crippen LogP contribution in [-0.4, -0.2) is 29.4 Å². The normalized spacial score (nSPS) is 14.7. The average Bonchev–Trinajstić information content (AvgIpc) is 3.76. The van der Waals surface area contributed by atoms with Crippen molar-refractivity contribution in [1.29, 1.82) is 0 Å². The molecule has 0 unspecified atom stereocenters. The van der Waals surface area contributed by atoms with E-state index < -0.39 is 0 Å². The minimum atomic E-state index is 0.802. The summed E-state index contributed by atoms with van der Waals surface area (Å²) in [4.78, 5) is 14.3. The lowest BCUT2D eigenvalue weighted by molar-refractivity contribution is 1.42. The van der Waals surface area contributed by atoms with Crippen LogP contribution in [0.4, 0.5) is 0 Å². The number of allylic oxidation sites excluding steroid dienone is 2. The van der Waals surface area contributed by atoms with Gasteiger partial charge in [-0.2, -0.15) is 0 Å². The maximum absolute atomic E-state index is 5.80. The van der Waals surface area contributed by atoms with Crippen molar-refractivity contribution in [2.45, 2.75) is 13.8 Å². The lowest BCUT2D eigenvalue weighted by Gasteiger charge is -2.02. The molecule has 0 spiro atoms. The highest BCUT2D eigenvalue weighted by Crippen LogP contribution is 2.46. The Balaban J connectivity index is 1.24. The molecule has 2 aliphatic carbocycles. The number of aryl methyl sites for hydroxylation is 2. The predicted molar refractivity (Wildman–Crippen MR) is 193 cm³/mol. The van der Waals surface area contributed by atoms with Crippen LogP contribution in [0.3, 0.4) is 0 Å². The number of benzene rings is 3. The molecule has 0 saturated heterocycles. The van der Waals surface area contributed by atoms with E-state index in [-0.39, 0.29) is 0 Å². The highest BCUT2D eigenvalue weighted by atomic mass is 32.1. The fraction of sp³-hybridized carbons (Fsp3) is 0.0625. The summed E-state index contributed by atoms with van der Waals surface area (Å²) in [6.07, 6.45) is 4.14. The van der Waals surface area contributed by atoms with Gasteiger partial charge in [0.25, 0.3) is 0 Å². The van der Waals surface area contributed by atoms with Gasteiger partial charge in [-0.1, -0.05) is 97.4 Å². The number of rotatable bonds is 2. The molecule has 0 saturated carbocycles. The van der Waals surface area contributed by atoms with Crippen molar-refractivity contribution in [1.82, 2.24) is 9.97 Å². The SMILES string of the molecule is Cc1c2nc(C=C3C(=S)c4ccccc4C3=S)sc2c(C)c2c1sc1nc(C=C3C(=S)c4ccccc4C3=S)sc12. The van der Waals surface area contributed by atoms with E-state index in [1.54, 1.807) is 34.0 Å². The molecule has 0 atom stereocenters. The number of thiocarbonyl (C=S) groups is 4. The van der Waals surface area contributed by atoms with Gasteiger partial charge in [-0.3, -0.25) is 0 Å². The Hall–Kier alpha value is -2.76. The number of thiazole rings is 2. The fourth-order valence-corrected chi connectivity index (χ4v) is 10.7. The molecule has 3 heterocycles. The molecule has 9 heteroatoms. The van der Waals surface area contributed by atoms with Crippen molar-refractivity contribution < 1.29 is 0 Å². The van der Waals surface area contributed by atoms with Gasteiger partial charge in [-0.05, 0) is 37.1 Å². The van der Waals surface area contributed by atoms with E-state index >= 15 is 0 Å². The van der Waals surface area contributed by atoms with Gasteiger partial charge in [0.2, 0.25) is 0 Å². The van der Waals surface area contributed by atoms with Crippen LogP contribution in [0.2, 0.25) is 0 Å². The summed E-state index contributed by atoms with van der Waals surface area (Å²) in [5.41, 5.74) is 9.44. The number of nitrogens with zero attached hydrogens (tertiary/aromatic N) is 2. The van der Waals surface area contributed by atoms with Crippen LogP contribution in [0.15, 0.2) is 59.7 Å². The quantitative estimate of drug-likeness (QED) is 0.137. The number of hydrogen-bond acceptors (Lipinski definition) is 9. The Morgan fingerprint density at radius 3 is 1.54 bits per heavy atom. The Kier molecular flexibility index (Phi) is 5.92. The van der Waals surface area contributed by atoms with Gasteiger partial charge in [0.1, 0.15) is 14.8 Å². The molecule has 0 aliphatic heterocycles. The number of thiophene rings is 1. The summed E-state index contributed by atoms with van der Waals surface area (Å²) in [5.74, 6) is 0. The molecular formula is C32H16N2S7. The van der Waals surface area contributed by atoms with Gasteiger partial charge >= 0.3 is 0 Å². The molecular weight excluding hydrogens is 637 g/mol. The number of hydrogen-bond donors (Lipinski definition) is 0. The topological polar surface area (TPSA) is 25.8 Å². The highest BCUT2D eigenvalue weighted by Gasteiger charge is 2.28. The summed E-state index contributed by atoms with van der Waals surface area (Å²) in [6, 6.07) is 16.2. The average molecular weight is 653 g/mol. The standard InChI is InChI=1S/C32H16N2S7/c1-13-23-29(41-32-31(23)40-22(34-32)12-20-27(37)17-9-5-6-10-18(17)28(20)38)14(2)24-30(13)39-21(33-24)11-19-25(35)15-7-3-4-8-16(15)26(19)36/h3-12H,1-2H3. The van der Waals surface area contributed by atoms with Gasteiger partial charge in [0, 0.05) is 43.5 Å². The minimum Gasteiger partial charge on any atom is -0.236 e. The van der Waals surface area contributed by atoms with Crippen LogP contribution < -0.4 is 0 Å². The summed E-state index contributed by atoms with van der Waals surface area (Å²) >= 11 is 28.3. The zero-order valence-electron chi connectivity index (χ0n) is 21.5. The molecule has 0 radical (unpaired) electrons. The molecule has 0 N–H and O–H groups in total. The van der Waals surface area contributed by atoms with Gasteiger partial charge in [-0.25, -0.2) is 9.97 Å². The third-order valence-corrected chi connectivity index (χ3v) is 12.9. The lowest BCUT2D eigenvalue weighted by atomic mass is 10.1. The first kappa shape index (κ1) is 25.9. The second-order valence-corrected chi connectivity index (χ2v) is 14.7. The first-order valence-electron chi connectivity index (χ1n) is 12.7. The highest BCUT2D eigenvalue weighted by molar-refractivity contribution is 7.84. The van der Waals surface area contributed by atoms with E-state index in [1.807, 2.05) is 48.5 Å². The van der Waals surface area contributed by atoms with Crippen LogP contribution in [0.25, 0.3) is 42.0 Å². The van der Waals surface area contributed by atoms with Crippen molar-refractivity contribution >= 4 is 144 Å². The Bertz CT molecular complexity index is 2230. The van der Waals surface area contributed by atoms with Crippen molar-refractivity contribution in [3.63, 3.8) is 0 Å². The summed E-state index contributed by atoms with van der Waals surface area (Å²) in [7, 11) is 0. The van der Waals surface area contributed by atoms with E-state index in [1.165, 1.54) is 30.6 Å². The van der Waals surface area contributed by atoms with Crippen molar-refractivity contribution in [3.05, 3.63) is 103 Å². The molecule has 0 fully saturated rings. The Labute approximate surface area is 269 Å². The molecule has 3 aromatic heterocycles. The van der Waals surface area contributed by atoms with Gasteiger partial charge in [0.15, 0.2) is 0 Å². The van der Waals surface area contributed by atoms with Crippen LogP contribution >= 0.6 is 82.9 Å². The Morgan fingerprint density at radius 2 is 1.02 bits per heavy atom. The third-order valence-electron chi connectivity index (χ3n) is 7.67. The monoisotopic (exact) mass is 652 g/mol. The number of fused-ring (bicyclic) bond motifs is 6. The van der Waals surface area contributed by atoms with Crippen LogP contribution in [0, 0.1) is 13.8 Å². The number of aromatic nitrogens is 2. The second kappa shape index (κ2) is 9.37. The van der Waals surface area contributed by atoms with Crippen molar-refractivity contribution in [2.24, 2.45) is 0 Å². The summed E-state index contributed by atoms with van der Waals surface area (Å²) in [5, 5.41) is 3.11. The molecule has 8 rings (SSSR count). The fourth-order valence-electron chi connectivity index (χ4n) is 5.65.